The summed E-state index contributed by atoms with van der Waals surface area (Å²) in [5, 5.41) is 13.7. The molecule has 0 unspecified atom stereocenters. The molecule has 0 radical (unpaired) electrons. The maximum Gasteiger partial charge on any atom is 0.341 e. The normalized spacial score (nSPS) is 10.2. The third-order valence-corrected chi connectivity index (χ3v) is 2.99. The predicted octanol–water partition coefficient (Wildman–Crippen LogP) is 2.45. The largest absolute Gasteiger partial charge is 0.477 e. The van der Waals surface area contributed by atoms with Gasteiger partial charge in [-0.05, 0) is 12.1 Å². The first-order valence-corrected chi connectivity index (χ1v) is 6.13. The van der Waals surface area contributed by atoms with Crippen LogP contribution < -0.4 is 5.56 Å². The molecular weight excluding hydrogens is 280 g/mol. The lowest BCUT2D eigenvalue weighted by Gasteiger charge is -2.08. The maximum atomic E-state index is 11.9. The van der Waals surface area contributed by atoms with Crippen molar-refractivity contribution in [1.82, 2.24) is 9.78 Å². The van der Waals surface area contributed by atoms with E-state index in [2.05, 4.69) is 11.7 Å². The van der Waals surface area contributed by atoms with E-state index in [-0.39, 0.29) is 12.1 Å². The third kappa shape index (κ3) is 2.62. The van der Waals surface area contributed by atoms with Gasteiger partial charge in [-0.3, -0.25) is 4.79 Å². The molecular formula is C14H11ClN2O3. The SMILES string of the molecule is C=CCn1nc(-c2ccccc2Cl)cc(C(=O)O)c1=O. The van der Waals surface area contributed by atoms with Crippen molar-refractivity contribution in [1.29, 1.82) is 0 Å². The van der Waals surface area contributed by atoms with E-state index in [4.69, 9.17) is 16.7 Å². The molecule has 2 rings (SSSR count). The Morgan fingerprint density at radius 1 is 1.45 bits per heavy atom. The minimum Gasteiger partial charge on any atom is -0.477 e. The van der Waals surface area contributed by atoms with Crippen LogP contribution in [0.2, 0.25) is 5.02 Å². The molecule has 0 amide bonds. The third-order valence-electron chi connectivity index (χ3n) is 2.66. The van der Waals surface area contributed by atoms with Crippen LogP contribution in [0.15, 0.2) is 47.8 Å². The smallest absolute Gasteiger partial charge is 0.341 e. The number of hydrogen-bond donors (Lipinski definition) is 1. The second-order valence-electron chi connectivity index (χ2n) is 4.00. The molecule has 1 aromatic heterocycles. The van der Waals surface area contributed by atoms with Crippen molar-refractivity contribution in [3.63, 3.8) is 0 Å². The van der Waals surface area contributed by atoms with Crippen LogP contribution in [-0.4, -0.2) is 20.9 Å². The number of halogens is 1. The number of rotatable bonds is 4. The van der Waals surface area contributed by atoms with Crippen molar-refractivity contribution in [2.24, 2.45) is 0 Å². The lowest BCUT2D eigenvalue weighted by molar-refractivity contribution is 0.0694. The number of hydrogen-bond acceptors (Lipinski definition) is 3. The van der Waals surface area contributed by atoms with Gasteiger partial charge in [0.05, 0.1) is 17.3 Å². The van der Waals surface area contributed by atoms with Gasteiger partial charge in [-0.15, -0.1) is 6.58 Å². The Labute approximate surface area is 119 Å². The van der Waals surface area contributed by atoms with Crippen molar-refractivity contribution in [3.8, 4) is 11.3 Å². The summed E-state index contributed by atoms with van der Waals surface area (Å²) < 4.78 is 1.05. The van der Waals surface area contributed by atoms with E-state index in [1.807, 2.05) is 0 Å². The Morgan fingerprint density at radius 2 is 2.15 bits per heavy atom. The summed E-state index contributed by atoms with van der Waals surface area (Å²) in [6.45, 7) is 3.64. The fourth-order valence-corrected chi connectivity index (χ4v) is 1.97. The van der Waals surface area contributed by atoms with Crippen LogP contribution in [0.5, 0.6) is 0 Å². The molecule has 1 heterocycles. The monoisotopic (exact) mass is 290 g/mol. The molecule has 0 aliphatic rings. The van der Waals surface area contributed by atoms with E-state index in [9.17, 15) is 9.59 Å². The van der Waals surface area contributed by atoms with Gasteiger partial charge in [0, 0.05) is 5.56 Å². The van der Waals surface area contributed by atoms with E-state index >= 15 is 0 Å². The van der Waals surface area contributed by atoms with Crippen molar-refractivity contribution in [3.05, 3.63) is 63.9 Å². The fraction of sp³-hybridized carbons (Fsp3) is 0.0714. The Balaban J connectivity index is 2.72. The van der Waals surface area contributed by atoms with Gasteiger partial charge >= 0.3 is 5.97 Å². The number of benzene rings is 1. The molecule has 0 spiro atoms. The van der Waals surface area contributed by atoms with E-state index in [0.29, 0.717) is 16.3 Å². The summed E-state index contributed by atoms with van der Waals surface area (Å²) >= 11 is 6.06. The summed E-state index contributed by atoms with van der Waals surface area (Å²) in [6, 6.07) is 8.11. The fourth-order valence-electron chi connectivity index (χ4n) is 1.74. The van der Waals surface area contributed by atoms with Crippen molar-refractivity contribution < 1.29 is 9.90 Å². The molecule has 20 heavy (non-hydrogen) atoms. The minimum absolute atomic E-state index is 0.122. The first-order valence-electron chi connectivity index (χ1n) is 5.76. The zero-order chi connectivity index (χ0) is 14.7. The summed E-state index contributed by atoms with van der Waals surface area (Å²) in [4.78, 5) is 23.1. The first kappa shape index (κ1) is 14.0. The van der Waals surface area contributed by atoms with Crippen LogP contribution in [0.1, 0.15) is 10.4 Å². The predicted molar refractivity (Wildman–Crippen MR) is 76.1 cm³/mol. The highest BCUT2D eigenvalue weighted by Gasteiger charge is 2.16. The van der Waals surface area contributed by atoms with Crippen molar-refractivity contribution in [2.75, 3.05) is 0 Å². The van der Waals surface area contributed by atoms with Gasteiger partial charge in [-0.2, -0.15) is 5.10 Å². The highest BCUT2D eigenvalue weighted by Crippen LogP contribution is 2.25. The molecule has 0 atom stereocenters. The molecule has 0 aliphatic carbocycles. The maximum absolute atomic E-state index is 11.9. The van der Waals surface area contributed by atoms with Crippen molar-refractivity contribution >= 4 is 17.6 Å². The highest BCUT2D eigenvalue weighted by molar-refractivity contribution is 6.33. The Hall–Kier alpha value is -2.40. The zero-order valence-electron chi connectivity index (χ0n) is 10.4. The summed E-state index contributed by atoms with van der Waals surface area (Å²) in [5.74, 6) is -1.30. The Kier molecular flexibility index (Phi) is 4.00. The number of allylic oxidation sites excluding steroid dienone is 1. The van der Waals surface area contributed by atoms with Gasteiger partial charge in [0.1, 0.15) is 5.56 Å². The number of nitrogens with zero attached hydrogens (tertiary/aromatic N) is 2. The van der Waals surface area contributed by atoms with Gasteiger partial charge in [-0.1, -0.05) is 35.9 Å². The number of aromatic carboxylic acids is 1. The number of aromatic nitrogens is 2. The summed E-state index contributed by atoms with van der Waals surface area (Å²) in [6.07, 6.45) is 1.47. The second-order valence-corrected chi connectivity index (χ2v) is 4.41. The standard InChI is InChI=1S/C14H11ClN2O3/c1-2-7-17-13(18)10(14(19)20)8-12(16-17)9-5-3-4-6-11(9)15/h2-6,8H,1,7H2,(H,19,20). The van der Waals surface area contributed by atoms with Crippen LogP contribution in [0.3, 0.4) is 0 Å². The molecule has 0 bridgehead atoms. The van der Waals surface area contributed by atoms with Crippen LogP contribution in [0, 0.1) is 0 Å². The van der Waals surface area contributed by atoms with E-state index in [0.717, 1.165) is 4.68 Å². The van der Waals surface area contributed by atoms with E-state index < -0.39 is 11.5 Å². The Morgan fingerprint density at radius 3 is 2.75 bits per heavy atom. The van der Waals surface area contributed by atoms with Gasteiger partial charge in [0.2, 0.25) is 0 Å². The highest BCUT2D eigenvalue weighted by atomic mass is 35.5. The molecule has 0 aliphatic heterocycles. The molecule has 0 fully saturated rings. The topological polar surface area (TPSA) is 72.2 Å². The average Bonchev–Trinajstić information content (AvgIpc) is 2.41. The molecule has 0 saturated carbocycles. The molecule has 5 nitrogen and oxygen atoms in total. The molecule has 6 heteroatoms. The van der Waals surface area contributed by atoms with Crippen LogP contribution >= 0.6 is 11.6 Å². The number of carbonyl (C=O) groups is 1. The van der Waals surface area contributed by atoms with Crippen LogP contribution in [0.25, 0.3) is 11.3 Å². The lowest BCUT2D eigenvalue weighted by atomic mass is 10.1. The zero-order valence-corrected chi connectivity index (χ0v) is 11.2. The average molecular weight is 291 g/mol. The summed E-state index contributed by atoms with van der Waals surface area (Å²) in [5.41, 5.74) is -0.131. The van der Waals surface area contributed by atoms with Crippen molar-refractivity contribution in [2.45, 2.75) is 6.54 Å². The van der Waals surface area contributed by atoms with Crippen LogP contribution in [-0.2, 0) is 6.54 Å². The Bertz CT molecular complexity index is 737. The number of carboxylic acid groups (broad SMARTS) is 1. The number of carboxylic acids is 1. The van der Waals surface area contributed by atoms with Gasteiger partial charge in [0.15, 0.2) is 0 Å². The molecule has 0 saturated heterocycles. The quantitative estimate of drug-likeness (QED) is 0.878. The lowest BCUT2D eigenvalue weighted by Crippen LogP contribution is -2.28. The first-order chi connectivity index (χ1) is 9.54. The molecule has 1 aromatic carbocycles. The van der Waals surface area contributed by atoms with Gasteiger partial charge < -0.3 is 5.11 Å². The molecule has 2 aromatic rings. The van der Waals surface area contributed by atoms with Gasteiger partial charge in [-0.25, -0.2) is 9.48 Å². The minimum atomic E-state index is -1.30. The second kappa shape index (κ2) is 5.71. The van der Waals surface area contributed by atoms with E-state index in [1.54, 1.807) is 24.3 Å². The molecule has 1 N–H and O–H groups in total. The van der Waals surface area contributed by atoms with Crippen LogP contribution in [0.4, 0.5) is 0 Å². The summed E-state index contributed by atoms with van der Waals surface area (Å²) in [7, 11) is 0. The molecule has 102 valence electrons. The van der Waals surface area contributed by atoms with E-state index in [1.165, 1.54) is 12.1 Å². The van der Waals surface area contributed by atoms with Gasteiger partial charge in [0.25, 0.3) is 5.56 Å².